The Morgan fingerprint density at radius 1 is 0.865 bits per heavy atom. The fraction of sp³-hybridized carbons (Fsp3) is 0.259. The smallest absolute Gasteiger partial charge is 0.264 e. The number of para-hydroxylation sites is 1. The molecule has 0 aliphatic rings. The number of hydrogen-bond donors (Lipinski definition) is 1. The van der Waals surface area contributed by atoms with E-state index in [0.29, 0.717) is 48.3 Å². The van der Waals surface area contributed by atoms with Crippen LogP contribution in [-0.4, -0.2) is 46.9 Å². The van der Waals surface area contributed by atoms with Crippen LogP contribution in [0, 0.1) is 0 Å². The summed E-state index contributed by atoms with van der Waals surface area (Å²) in [7, 11) is -4.05. The minimum atomic E-state index is -4.05. The molecule has 9 nitrogen and oxygen atoms in total. The molecule has 0 spiro atoms. The average molecular weight is 526 g/mol. The first-order valence-corrected chi connectivity index (χ1v) is 13.3. The molecule has 0 atom stereocenters. The highest BCUT2D eigenvalue weighted by atomic mass is 32.2. The molecule has 3 rings (SSSR count). The summed E-state index contributed by atoms with van der Waals surface area (Å²) in [6.07, 6.45) is 1.45. The number of benzene rings is 3. The Labute approximate surface area is 217 Å². The van der Waals surface area contributed by atoms with E-state index in [-0.39, 0.29) is 4.90 Å². The fourth-order valence-electron chi connectivity index (χ4n) is 3.40. The van der Waals surface area contributed by atoms with Crippen molar-refractivity contribution in [3.8, 4) is 17.2 Å². The Balaban J connectivity index is 1.77. The van der Waals surface area contributed by atoms with Gasteiger partial charge in [-0.15, -0.1) is 0 Å². The number of amides is 1. The first-order valence-electron chi connectivity index (χ1n) is 11.9. The van der Waals surface area contributed by atoms with E-state index in [9.17, 15) is 13.2 Å². The van der Waals surface area contributed by atoms with Gasteiger partial charge in [0.05, 0.1) is 36.6 Å². The summed E-state index contributed by atoms with van der Waals surface area (Å²) in [5.74, 6) is 1.13. The van der Waals surface area contributed by atoms with Gasteiger partial charge in [-0.2, -0.15) is 5.10 Å². The van der Waals surface area contributed by atoms with Crippen LogP contribution in [0.3, 0.4) is 0 Å². The maximum Gasteiger partial charge on any atom is 0.264 e. The average Bonchev–Trinajstić information content (AvgIpc) is 2.90. The summed E-state index contributed by atoms with van der Waals surface area (Å²) in [5, 5.41) is 3.99. The number of nitrogens with zero attached hydrogens (tertiary/aromatic N) is 2. The zero-order valence-electron chi connectivity index (χ0n) is 21.1. The number of ether oxygens (including phenoxy) is 3. The summed E-state index contributed by atoms with van der Waals surface area (Å²) in [4.78, 5) is 12.8. The van der Waals surface area contributed by atoms with Gasteiger partial charge < -0.3 is 14.2 Å². The second-order valence-corrected chi connectivity index (χ2v) is 9.48. The van der Waals surface area contributed by atoms with Crippen molar-refractivity contribution in [3.05, 3.63) is 78.4 Å². The van der Waals surface area contributed by atoms with Crippen LogP contribution in [0.2, 0.25) is 0 Å². The third-order valence-electron chi connectivity index (χ3n) is 5.02. The minimum absolute atomic E-state index is 0.0361. The van der Waals surface area contributed by atoms with Crippen LogP contribution < -0.4 is 23.9 Å². The third-order valence-corrected chi connectivity index (χ3v) is 6.81. The highest BCUT2D eigenvalue weighted by Crippen LogP contribution is 2.28. The number of sulfonamides is 1. The Morgan fingerprint density at radius 3 is 2.16 bits per heavy atom. The van der Waals surface area contributed by atoms with E-state index < -0.39 is 22.5 Å². The van der Waals surface area contributed by atoms with Crippen molar-refractivity contribution in [3.63, 3.8) is 0 Å². The van der Waals surface area contributed by atoms with Gasteiger partial charge in [0, 0.05) is 0 Å². The standard InChI is InChI=1S/C27H31N3O6S/c1-4-34-23-13-15-24(16-14-23)37(32,33)30(22-10-8-7-9-11-22)20-27(31)29-28-19-21-12-17-25(35-5-2)26(18-21)36-6-3/h7-19H,4-6,20H2,1-3H3,(H,29,31)/b28-19-. The number of carbonyl (C=O) groups is 1. The van der Waals surface area contributed by atoms with Gasteiger partial charge in [-0.05, 0) is 80.9 Å². The molecular formula is C27H31N3O6S. The van der Waals surface area contributed by atoms with E-state index in [4.69, 9.17) is 14.2 Å². The molecule has 0 unspecified atom stereocenters. The highest BCUT2D eigenvalue weighted by molar-refractivity contribution is 7.92. The Morgan fingerprint density at radius 2 is 1.51 bits per heavy atom. The van der Waals surface area contributed by atoms with Gasteiger partial charge in [-0.3, -0.25) is 9.10 Å². The SMILES string of the molecule is CCOc1ccc(S(=O)(=O)N(CC(=O)N/N=C\c2ccc(OCC)c(OCC)c2)c2ccccc2)cc1. The number of carbonyl (C=O) groups excluding carboxylic acids is 1. The van der Waals surface area contributed by atoms with Crippen molar-refractivity contribution in [2.45, 2.75) is 25.7 Å². The highest BCUT2D eigenvalue weighted by Gasteiger charge is 2.27. The monoisotopic (exact) mass is 525 g/mol. The molecule has 3 aromatic carbocycles. The molecule has 0 radical (unpaired) electrons. The summed E-state index contributed by atoms with van der Waals surface area (Å²) in [6.45, 7) is 6.57. The molecule has 0 bridgehead atoms. The maximum atomic E-state index is 13.5. The topological polar surface area (TPSA) is 107 Å². The van der Waals surface area contributed by atoms with Crippen molar-refractivity contribution < 1.29 is 27.4 Å². The number of anilines is 1. The zero-order chi connectivity index (χ0) is 26.7. The number of hydrazone groups is 1. The van der Waals surface area contributed by atoms with E-state index in [1.807, 2.05) is 20.8 Å². The van der Waals surface area contributed by atoms with Crippen LogP contribution >= 0.6 is 0 Å². The summed E-state index contributed by atoms with van der Waals surface area (Å²) < 4.78 is 44.5. The fourth-order valence-corrected chi connectivity index (χ4v) is 4.82. The van der Waals surface area contributed by atoms with Crippen molar-refractivity contribution in [2.24, 2.45) is 5.10 Å². The van der Waals surface area contributed by atoms with Gasteiger partial charge in [-0.1, -0.05) is 18.2 Å². The van der Waals surface area contributed by atoms with Gasteiger partial charge in [0.15, 0.2) is 11.5 Å². The molecule has 0 saturated carbocycles. The van der Waals surface area contributed by atoms with E-state index in [1.54, 1.807) is 60.7 Å². The molecule has 10 heteroatoms. The maximum absolute atomic E-state index is 13.5. The van der Waals surface area contributed by atoms with E-state index in [1.165, 1.54) is 18.3 Å². The van der Waals surface area contributed by atoms with Crippen molar-refractivity contribution in [1.29, 1.82) is 0 Å². The Hall–Kier alpha value is -4.05. The number of hydrogen-bond acceptors (Lipinski definition) is 7. The molecular weight excluding hydrogens is 494 g/mol. The quantitative estimate of drug-likeness (QED) is 0.264. The Kier molecular flexibility index (Phi) is 9.91. The zero-order valence-corrected chi connectivity index (χ0v) is 21.9. The van der Waals surface area contributed by atoms with E-state index in [2.05, 4.69) is 10.5 Å². The second-order valence-electron chi connectivity index (χ2n) is 7.62. The van der Waals surface area contributed by atoms with Crippen LogP contribution in [0.1, 0.15) is 26.3 Å². The van der Waals surface area contributed by atoms with Gasteiger partial charge in [-0.25, -0.2) is 13.8 Å². The Bertz CT molecular complexity index is 1300. The molecule has 1 amide bonds. The molecule has 196 valence electrons. The molecule has 3 aromatic rings. The summed E-state index contributed by atoms with van der Waals surface area (Å²) in [6, 6.07) is 19.8. The third kappa shape index (κ3) is 7.47. The lowest BCUT2D eigenvalue weighted by Crippen LogP contribution is -2.39. The minimum Gasteiger partial charge on any atom is -0.494 e. The molecule has 0 saturated heterocycles. The molecule has 0 aliphatic carbocycles. The molecule has 37 heavy (non-hydrogen) atoms. The first kappa shape index (κ1) is 27.5. The summed E-state index contributed by atoms with van der Waals surface area (Å²) in [5.41, 5.74) is 3.43. The van der Waals surface area contributed by atoms with E-state index in [0.717, 1.165) is 4.31 Å². The molecule has 0 aliphatic heterocycles. The summed E-state index contributed by atoms with van der Waals surface area (Å²) >= 11 is 0. The van der Waals surface area contributed by atoms with Gasteiger partial charge in [0.2, 0.25) is 0 Å². The molecule has 0 fully saturated rings. The van der Waals surface area contributed by atoms with Crippen molar-refractivity contribution in [2.75, 3.05) is 30.7 Å². The lowest BCUT2D eigenvalue weighted by atomic mass is 10.2. The first-order chi connectivity index (χ1) is 17.9. The van der Waals surface area contributed by atoms with Crippen LogP contribution in [0.25, 0.3) is 0 Å². The van der Waals surface area contributed by atoms with Crippen LogP contribution in [0.15, 0.2) is 82.8 Å². The largest absolute Gasteiger partial charge is 0.494 e. The van der Waals surface area contributed by atoms with Gasteiger partial charge in [0.25, 0.3) is 15.9 Å². The lowest BCUT2D eigenvalue weighted by molar-refractivity contribution is -0.119. The second kappa shape index (κ2) is 13.3. The van der Waals surface area contributed by atoms with E-state index >= 15 is 0 Å². The van der Waals surface area contributed by atoms with Crippen molar-refractivity contribution >= 4 is 27.8 Å². The molecule has 0 heterocycles. The van der Waals surface area contributed by atoms with Crippen molar-refractivity contribution in [1.82, 2.24) is 5.43 Å². The van der Waals surface area contributed by atoms with Gasteiger partial charge >= 0.3 is 0 Å². The molecule has 0 aromatic heterocycles. The van der Waals surface area contributed by atoms with Crippen LogP contribution in [0.4, 0.5) is 5.69 Å². The van der Waals surface area contributed by atoms with Gasteiger partial charge in [0.1, 0.15) is 12.3 Å². The van der Waals surface area contributed by atoms with Crippen LogP contribution in [0.5, 0.6) is 17.2 Å². The lowest BCUT2D eigenvalue weighted by Gasteiger charge is -2.23. The normalized spacial score (nSPS) is 11.2. The number of nitrogens with one attached hydrogen (secondary N) is 1. The number of rotatable bonds is 13. The predicted octanol–water partition coefficient (Wildman–Crippen LogP) is 4.23. The predicted molar refractivity (Wildman–Crippen MR) is 143 cm³/mol. The van der Waals surface area contributed by atoms with Crippen LogP contribution in [-0.2, 0) is 14.8 Å². The molecule has 1 N–H and O–H groups in total.